The number of benzene rings is 1. The quantitative estimate of drug-likeness (QED) is 0.600. The van der Waals surface area contributed by atoms with Crippen LogP contribution in [0.15, 0.2) is 36.0 Å². The summed E-state index contributed by atoms with van der Waals surface area (Å²) in [6, 6.07) is 7.84. The van der Waals surface area contributed by atoms with Gasteiger partial charge in [0.25, 0.3) is 5.91 Å². The minimum atomic E-state index is -0.338. The molecular weight excluding hydrogens is 341 g/mol. The number of anilines is 1. The molecule has 4 nitrogen and oxygen atoms in total. The van der Waals surface area contributed by atoms with Crippen LogP contribution in [0.25, 0.3) is 0 Å². The fourth-order valence-corrected chi connectivity index (χ4v) is 5.99. The van der Waals surface area contributed by atoms with Crippen LogP contribution in [0.2, 0.25) is 0 Å². The SMILES string of the molecule is CC(NC(=O)/C(C#N)=C\Nc1ccc(F)cc1)C12CC3CC(CC(C3)C1)C2. The minimum absolute atomic E-state index is 0.0379. The molecule has 4 saturated carbocycles. The Morgan fingerprint density at radius 2 is 1.74 bits per heavy atom. The molecule has 4 aliphatic carbocycles. The van der Waals surface area contributed by atoms with Gasteiger partial charge in [-0.05, 0) is 92.9 Å². The number of carbonyl (C=O) groups excluding carboxylic acids is 1. The van der Waals surface area contributed by atoms with E-state index in [1.54, 1.807) is 12.1 Å². The molecule has 1 aromatic rings. The van der Waals surface area contributed by atoms with Crippen LogP contribution < -0.4 is 10.6 Å². The fraction of sp³-hybridized carbons (Fsp3) is 0.545. The van der Waals surface area contributed by atoms with Gasteiger partial charge in [0.2, 0.25) is 0 Å². The molecule has 0 heterocycles. The van der Waals surface area contributed by atoms with Crippen molar-refractivity contribution in [1.82, 2.24) is 5.32 Å². The number of nitriles is 1. The molecule has 5 heteroatoms. The van der Waals surface area contributed by atoms with Crippen LogP contribution in [0.4, 0.5) is 10.1 Å². The van der Waals surface area contributed by atoms with Crippen molar-refractivity contribution in [2.45, 2.75) is 51.5 Å². The lowest BCUT2D eigenvalue weighted by Gasteiger charge is -2.59. The van der Waals surface area contributed by atoms with Crippen molar-refractivity contribution in [1.29, 1.82) is 5.26 Å². The van der Waals surface area contributed by atoms with E-state index in [0.29, 0.717) is 5.69 Å². The molecule has 0 aromatic heterocycles. The lowest BCUT2D eigenvalue weighted by molar-refractivity contribution is -0.122. The summed E-state index contributed by atoms with van der Waals surface area (Å²) in [5.41, 5.74) is 0.872. The normalized spacial score (nSPS) is 32.6. The van der Waals surface area contributed by atoms with E-state index in [9.17, 15) is 14.4 Å². The van der Waals surface area contributed by atoms with Crippen molar-refractivity contribution in [2.75, 3.05) is 5.32 Å². The largest absolute Gasteiger partial charge is 0.360 e. The monoisotopic (exact) mass is 367 g/mol. The van der Waals surface area contributed by atoms with Gasteiger partial charge >= 0.3 is 0 Å². The summed E-state index contributed by atoms with van der Waals surface area (Å²) in [6.07, 6.45) is 9.12. The van der Waals surface area contributed by atoms with Crippen LogP contribution >= 0.6 is 0 Å². The Balaban J connectivity index is 1.42. The first-order valence-electron chi connectivity index (χ1n) is 9.91. The van der Waals surface area contributed by atoms with Gasteiger partial charge in [0.05, 0.1) is 0 Å². The van der Waals surface area contributed by atoms with Crippen LogP contribution in [0.1, 0.15) is 45.4 Å². The summed E-state index contributed by atoms with van der Waals surface area (Å²) in [7, 11) is 0. The maximum Gasteiger partial charge on any atom is 0.263 e. The van der Waals surface area contributed by atoms with Crippen molar-refractivity contribution in [3.05, 3.63) is 41.9 Å². The Kier molecular flexibility index (Phi) is 4.67. The van der Waals surface area contributed by atoms with E-state index in [1.807, 2.05) is 6.07 Å². The highest BCUT2D eigenvalue weighted by molar-refractivity contribution is 5.97. The Morgan fingerprint density at radius 3 is 2.26 bits per heavy atom. The maximum atomic E-state index is 13.0. The molecule has 1 amide bonds. The van der Waals surface area contributed by atoms with Gasteiger partial charge in [-0.15, -0.1) is 0 Å². The maximum absolute atomic E-state index is 13.0. The van der Waals surface area contributed by atoms with E-state index in [4.69, 9.17) is 0 Å². The first-order chi connectivity index (χ1) is 13.0. The molecule has 4 aliphatic rings. The van der Waals surface area contributed by atoms with Gasteiger partial charge in [-0.3, -0.25) is 4.79 Å². The van der Waals surface area contributed by atoms with Crippen LogP contribution in [-0.2, 0) is 4.79 Å². The molecule has 1 atom stereocenters. The number of nitrogens with one attached hydrogen (secondary N) is 2. The zero-order valence-electron chi connectivity index (χ0n) is 15.7. The summed E-state index contributed by atoms with van der Waals surface area (Å²) < 4.78 is 13.0. The average Bonchev–Trinajstić information content (AvgIpc) is 2.62. The standard InChI is InChI=1S/C22H26FN3O/c1-14(22-9-15-6-16(10-22)8-17(7-15)11-22)26-21(27)18(12-24)13-25-20-4-2-19(23)3-5-20/h2-5,13-17,25H,6-11H2,1H3,(H,26,27)/b18-13-. The van der Waals surface area contributed by atoms with E-state index in [0.717, 1.165) is 17.8 Å². The third-order valence-corrected chi connectivity index (χ3v) is 6.94. The summed E-state index contributed by atoms with van der Waals surface area (Å²) >= 11 is 0. The van der Waals surface area contributed by atoms with Crippen LogP contribution in [0.3, 0.4) is 0 Å². The zero-order valence-corrected chi connectivity index (χ0v) is 15.7. The van der Waals surface area contributed by atoms with Crippen LogP contribution in [0, 0.1) is 40.3 Å². The van der Waals surface area contributed by atoms with Crippen LogP contribution in [0.5, 0.6) is 0 Å². The van der Waals surface area contributed by atoms with Gasteiger partial charge in [0.1, 0.15) is 17.5 Å². The molecule has 5 rings (SSSR count). The average molecular weight is 367 g/mol. The van der Waals surface area contributed by atoms with E-state index < -0.39 is 0 Å². The number of carbonyl (C=O) groups is 1. The Bertz CT molecular complexity index is 757. The van der Waals surface area contributed by atoms with Crippen molar-refractivity contribution < 1.29 is 9.18 Å². The molecular formula is C22H26FN3O. The lowest BCUT2D eigenvalue weighted by atomic mass is 9.48. The summed E-state index contributed by atoms with van der Waals surface area (Å²) in [5, 5.41) is 15.4. The number of rotatable bonds is 5. The highest BCUT2D eigenvalue weighted by Crippen LogP contribution is 2.61. The number of nitrogens with zero attached hydrogens (tertiary/aromatic N) is 1. The predicted octanol–water partition coefficient (Wildman–Crippen LogP) is 4.37. The smallest absolute Gasteiger partial charge is 0.263 e. The Morgan fingerprint density at radius 1 is 1.19 bits per heavy atom. The predicted molar refractivity (Wildman–Crippen MR) is 102 cm³/mol. The molecule has 1 aromatic carbocycles. The van der Waals surface area contributed by atoms with E-state index in [2.05, 4.69) is 17.6 Å². The van der Waals surface area contributed by atoms with E-state index in [1.165, 1.54) is 56.9 Å². The van der Waals surface area contributed by atoms with E-state index >= 15 is 0 Å². The van der Waals surface area contributed by atoms with Gasteiger partial charge in [0.15, 0.2) is 0 Å². The topological polar surface area (TPSA) is 64.9 Å². The molecule has 4 bridgehead atoms. The molecule has 4 fully saturated rings. The third kappa shape index (κ3) is 3.58. The lowest BCUT2D eigenvalue weighted by Crippen LogP contribution is -2.56. The molecule has 1 unspecified atom stereocenters. The molecule has 142 valence electrons. The van der Waals surface area contributed by atoms with Crippen molar-refractivity contribution in [3.63, 3.8) is 0 Å². The summed E-state index contributed by atoms with van der Waals surface area (Å²) in [4.78, 5) is 12.7. The Hall–Kier alpha value is -2.35. The van der Waals surface area contributed by atoms with Gasteiger partial charge in [0, 0.05) is 17.9 Å². The second kappa shape index (κ2) is 6.99. The Labute approximate surface area is 159 Å². The molecule has 0 radical (unpaired) electrons. The first kappa shape index (κ1) is 18.0. The number of halogens is 1. The highest BCUT2D eigenvalue weighted by atomic mass is 19.1. The zero-order chi connectivity index (χ0) is 19.0. The van der Waals surface area contributed by atoms with Crippen molar-refractivity contribution in [2.24, 2.45) is 23.2 Å². The van der Waals surface area contributed by atoms with Crippen molar-refractivity contribution in [3.8, 4) is 6.07 Å². The molecule has 0 saturated heterocycles. The molecule has 2 N–H and O–H groups in total. The van der Waals surface area contributed by atoms with Gasteiger partial charge in [-0.2, -0.15) is 5.26 Å². The van der Waals surface area contributed by atoms with Gasteiger partial charge in [-0.25, -0.2) is 4.39 Å². The number of amides is 1. The molecule has 27 heavy (non-hydrogen) atoms. The van der Waals surface area contributed by atoms with Gasteiger partial charge in [-0.1, -0.05) is 0 Å². The van der Waals surface area contributed by atoms with E-state index in [-0.39, 0.29) is 28.8 Å². The second-order valence-electron chi connectivity index (χ2n) is 8.80. The summed E-state index contributed by atoms with van der Waals surface area (Å²) in [5.74, 6) is 1.80. The highest BCUT2D eigenvalue weighted by Gasteiger charge is 2.53. The fourth-order valence-electron chi connectivity index (χ4n) is 5.99. The minimum Gasteiger partial charge on any atom is -0.360 e. The third-order valence-electron chi connectivity index (χ3n) is 6.94. The number of hydrogen-bond acceptors (Lipinski definition) is 3. The molecule has 0 aliphatic heterocycles. The van der Waals surface area contributed by atoms with Gasteiger partial charge < -0.3 is 10.6 Å². The second-order valence-corrected chi connectivity index (χ2v) is 8.80. The first-order valence-corrected chi connectivity index (χ1v) is 9.91. The van der Waals surface area contributed by atoms with Crippen molar-refractivity contribution >= 4 is 11.6 Å². The number of hydrogen-bond donors (Lipinski definition) is 2. The van der Waals surface area contributed by atoms with Crippen LogP contribution in [-0.4, -0.2) is 11.9 Å². The molecule has 0 spiro atoms. The summed E-state index contributed by atoms with van der Waals surface area (Å²) in [6.45, 7) is 2.10.